The smallest absolute Gasteiger partial charge is 0.122 e. The van der Waals surface area contributed by atoms with Crippen LogP contribution >= 0.6 is 12.4 Å². The Morgan fingerprint density at radius 1 is 1.44 bits per heavy atom. The van der Waals surface area contributed by atoms with Crippen molar-refractivity contribution in [1.29, 1.82) is 0 Å². The van der Waals surface area contributed by atoms with Crippen molar-refractivity contribution < 1.29 is 9.47 Å². The van der Waals surface area contributed by atoms with Crippen LogP contribution in [-0.4, -0.2) is 32.4 Å². The molecule has 1 aromatic carbocycles. The van der Waals surface area contributed by atoms with Gasteiger partial charge < -0.3 is 14.8 Å². The Kier molecular flexibility index (Phi) is 5.60. The molecule has 0 aromatic heterocycles. The quantitative estimate of drug-likeness (QED) is 0.878. The van der Waals surface area contributed by atoms with Crippen LogP contribution in [0.3, 0.4) is 0 Å². The minimum Gasteiger partial charge on any atom is -0.491 e. The number of morpholine rings is 1. The highest BCUT2D eigenvalue weighted by atomic mass is 35.5. The summed E-state index contributed by atoms with van der Waals surface area (Å²) in [5, 5.41) is 3.28. The summed E-state index contributed by atoms with van der Waals surface area (Å²) >= 11 is 0. The second kappa shape index (κ2) is 6.74. The number of aryl methyl sites for hydroxylation is 1. The SMILES string of the molecule is Cc1ccccc1OC[C@H]1CNCCO1.Cl. The van der Waals surface area contributed by atoms with Gasteiger partial charge in [-0.25, -0.2) is 0 Å². The number of hydrogen-bond acceptors (Lipinski definition) is 3. The first kappa shape index (κ1) is 13.3. The summed E-state index contributed by atoms with van der Waals surface area (Å²) in [6.45, 7) is 5.28. The minimum absolute atomic E-state index is 0. The van der Waals surface area contributed by atoms with Gasteiger partial charge in [0.05, 0.1) is 6.61 Å². The Balaban J connectivity index is 0.00000128. The first-order chi connectivity index (χ1) is 7.36. The van der Waals surface area contributed by atoms with Crippen molar-refractivity contribution in [2.75, 3.05) is 26.3 Å². The maximum absolute atomic E-state index is 5.71. The number of halogens is 1. The highest BCUT2D eigenvalue weighted by Crippen LogP contribution is 2.16. The molecule has 1 aliphatic rings. The zero-order chi connectivity index (χ0) is 10.5. The van der Waals surface area contributed by atoms with Crippen molar-refractivity contribution in [1.82, 2.24) is 5.32 Å². The van der Waals surface area contributed by atoms with Crippen molar-refractivity contribution in [3.8, 4) is 5.75 Å². The molecule has 0 saturated carbocycles. The highest BCUT2D eigenvalue weighted by Gasteiger charge is 2.13. The summed E-state index contributed by atoms with van der Waals surface area (Å²) in [5.74, 6) is 0.951. The van der Waals surface area contributed by atoms with Crippen molar-refractivity contribution in [3.05, 3.63) is 29.8 Å². The summed E-state index contributed by atoms with van der Waals surface area (Å²) in [4.78, 5) is 0. The molecular formula is C12H18ClNO2. The van der Waals surface area contributed by atoms with E-state index in [0.717, 1.165) is 25.4 Å². The molecule has 1 N–H and O–H groups in total. The summed E-state index contributed by atoms with van der Waals surface area (Å²) in [7, 11) is 0. The van der Waals surface area contributed by atoms with Crippen LogP contribution in [0.1, 0.15) is 5.56 Å². The molecule has 2 rings (SSSR count). The van der Waals surface area contributed by atoms with Crippen LogP contribution in [0.15, 0.2) is 24.3 Å². The van der Waals surface area contributed by atoms with Crippen molar-refractivity contribution in [3.63, 3.8) is 0 Å². The molecule has 4 heteroatoms. The largest absolute Gasteiger partial charge is 0.491 e. The van der Waals surface area contributed by atoms with E-state index in [2.05, 4.69) is 18.3 Å². The van der Waals surface area contributed by atoms with Gasteiger partial charge in [0.15, 0.2) is 0 Å². The standard InChI is InChI=1S/C12H17NO2.ClH/c1-10-4-2-3-5-12(10)15-9-11-8-13-6-7-14-11;/h2-5,11,13H,6-9H2,1H3;1H/t11-;/m1./s1. The number of nitrogens with one attached hydrogen (secondary N) is 1. The molecule has 1 aliphatic heterocycles. The Morgan fingerprint density at radius 2 is 2.25 bits per heavy atom. The van der Waals surface area contributed by atoms with Crippen LogP contribution in [0.5, 0.6) is 5.75 Å². The molecule has 1 heterocycles. The summed E-state index contributed by atoms with van der Waals surface area (Å²) in [6, 6.07) is 8.05. The molecule has 0 aliphatic carbocycles. The molecule has 0 radical (unpaired) electrons. The van der Waals surface area contributed by atoms with E-state index in [1.165, 1.54) is 5.56 Å². The maximum Gasteiger partial charge on any atom is 0.122 e. The molecule has 0 bridgehead atoms. The molecule has 3 nitrogen and oxygen atoms in total. The lowest BCUT2D eigenvalue weighted by Gasteiger charge is -2.23. The lowest BCUT2D eigenvalue weighted by atomic mass is 10.2. The predicted molar refractivity (Wildman–Crippen MR) is 66.5 cm³/mol. The molecule has 0 amide bonds. The van der Waals surface area contributed by atoms with Gasteiger partial charge >= 0.3 is 0 Å². The second-order valence-corrected chi connectivity index (χ2v) is 3.77. The monoisotopic (exact) mass is 243 g/mol. The van der Waals surface area contributed by atoms with Gasteiger partial charge in [-0.1, -0.05) is 18.2 Å². The van der Waals surface area contributed by atoms with E-state index < -0.39 is 0 Å². The average molecular weight is 244 g/mol. The van der Waals surface area contributed by atoms with E-state index in [0.29, 0.717) is 6.61 Å². The van der Waals surface area contributed by atoms with E-state index in [-0.39, 0.29) is 18.5 Å². The third kappa shape index (κ3) is 3.67. The van der Waals surface area contributed by atoms with Gasteiger partial charge in [0.1, 0.15) is 18.5 Å². The second-order valence-electron chi connectivity index (χ2n) is 3.77. The molecule has 0 spiro atoms. The highest BCUT2D eigenvalue weighted by molar-refractivity contribution is 5.85. The van der Waals surface area contributed by atoms with E-state index in [9.17, 15) is 0 Å². The van der Waals surface area contributed by atoms with E-state index >= 15 is 0 Å². The van der Waals surface area contributed by atoms with E-state index in [1.54, 1.807) is 0 Å². The van der Waals surface area contributed by atoms with Gasteiger partial charge in [-0.3, -0.25) is 0 Å². The van der Waals surface area contributed by atoms with E-state index in [1.807, 2.05) is 18.2 Å². The zero-order valence-electron chi connectivity index (χ0n) is 9.44. The van der Waals surface area contributed by atoms with E-state index in [4.69, 9.17) is 9.47 Å². The molecular weight excluding hydrogens is 226 g/mol. The van der Waals surface area contributed by atoms with Crippen LogP contribution < -0.4 is 10.1 Å². The minimum atomic E-state index is 0. The fraction of sp³-hybridized carbons (Fsp3) is 0.500. The number of hydrogen-bond donors (Lipinski definition) is 1. The normalized spacial score (nSPS) is 19.9. The summed E-state index contributed by atoms with van der Waals surface area (Å²) < 4.78 is 11.3. The third-order valence-electron chi connectivity index (χ3n) is 2.52. The summed E-state index contributed by atoms with van der Waals surface area (Å²) in [6.07, 6.45) is 0.179. The number of benzene rings is 1. The van der Waals surface area contributed by atoms with Crippen LogP contribution in [-0.2, 0) is 4.74 Å². The molecule has 1 atom stereocenters. The third-order valence-corrected chi connectivity index (χ3v) is 2.52. The van der Waals surface area contributed by atoms with Crippen LogP contribution in [0.4, 0.5) is 0 Å². The Labute approximate surface area is 103 Å². The number of ether oxygens (including phenoxy) is 2. The molecule has 90 valence electrons. The molecule has 16 heavy (non-hydrogen) atoms. The van der Waals surface area contributed by atoms with Gasteiger partial charge in [0.2, 0.25) is 0 Å². The summed E-state index contributed by atoms with van der Waals surface area (Å²) in [5.41, 5.74) is 1.17. The molecule has 0 unspecified atom stereocenters. The maximum atomic E-state index is 5.71. The van der Waals surface area contributed by atoms with Crippen LogP contribution in [0.2, 0.25) is 0 Å². The zero-order valence-corrected chi connectivity index (χ0v) is 10.3. The average Bonchev–Trinajstić information content (AvgIpc) is 2.29. The van der Waals surface area contributed by atoms with Crippen LogP contribution in [0.25, 0.3) is 0 Å². The van der Waals surface area contributed by atoms with Crippen LogP contribution in [0, 0.1) is 6.92 Å². The predicted octanol–water partition coefficient (Wildman–Crippen LogP) is 1.78. The van der Waals surface area contributed by atoms with Gasteiger partial charge in [0, 0.05) is 13.1 Å². The molecule has 1 saturated heterocycles. The Hall–Kier alpha value is -0.770. The van der Waals surface area contributed by atoms with Gasteiger partial charge in [-0.2, -0.15) is 0 Å². The first-order valence-electron chi connectivity index (χ1n) is 5.37. The Morgan fingerprint density at radius 3 is 2.94 bits per heavy atom. The van der Waals surface area contributed by atoms with Gasteiger partial charge in [-0.15, -0.1) is 12.4 Å². The van der Waals surface area contributed by atoms with Crippen molar-refractivity contribution in [2.24, 2.45) is 0 Å². The lowest BCUT2D eigenvalue weighted by Crippen LogP contribution is -2.41. The van der Waals surface area contributed by atoms with Crippen molar-refractivity contribution >= 4 is 12.4 Å². The number of rotatable bonds is 3. The molecule has 1 aromatic rings. The lowest BCUT2D eigenvalue weighted by molar-refractivity contribution is 0.0000675. The Bertz CT molecular complexity index is 314. The molecule has 1 fully saturated rings. The van der Waals surface area contributed by atoms with Crippen molar-refractivity contribution in [2.45, 2.75) is 13.0 Å². The van der Waals surface area contributed by atoms with Gasteiger partial charge in [0.25, 0.3) is 0 Å². The first-order valence-corrected chi connectivity index (χ1v) is 5.37. The fourth-order valence-electron chi connectivity index (χ4n) is 1.63. The fourth-order valence-corrected chi connectivity index (χ4v) is 1.63. The topological polar surface area (TPSA) is 30.5 Å². The van der Waals surface area contributed by atoms with Gasteiger partial charge in [-0.05, 0) is 18.6 Å². The number of para-hydroxylation sites is 1.